The minimum Gasteiger partial charge on any atom is -0.481 e. The fraction of sp³-hybridized carbons (Fsp3) is 0.737. The number of aliphatic hydroxyl groups is 4. The van der Waals surface area contributed by atoms with Crippen molar-refractivity contribution in [2.75, 3.05) is 13.2 Å². The molecule has 0 aromatic rings. The lowest BCUT2D eigenvalue weighted by molar-refractivity contribution is -0.266. The predicted molar refractivity (Wildman–Crippen MR) is 113 cm³/mol. The fourth-order valence-electron chi connectivity index (χ4n) is 3.24. The van der Waals surface area contributed by atoms with Crippen molar-refractivity contribution < 1.29 is 59.0 Å². The topological polar surface area (TPSA) is 267 Å². The monoisotopic (exact) mass is 508 g/mol. The first-order chi connectivity index (χ1) is 16.3. The van der Waals surface area contributed by atoms with Crippen molar-refractivity contribution in [1.82, 2.24) is 16.0 Å². The molecule has 16 heteroatoms. The SMILES string of the molecule is CC(=O)N[C@@H]1[C@@H](O[C@@H](C)C(=O)N[C@@H](CO)C(=O)N[C@H](CCC(=O)O)C(N)=O)[C@H](O)[C@@H](CO)O[C@@H]1O. The number of hydrogen-bond acceptors (Lipinski definition) is 11. The molecule has 1 heterocycles. The third-order valence-electron chi connectivity index (χ3n) is 5.10. The number of amides is 4. The number of aliphatic carboxylic acids is 1. The minimum atomic E-state index is -1.69. The molecule has 1 fully saturated rings. The molecule has 4 amide bonds. The smallest absolute Gasteiger partial charge is 0.303 e. The summed E-state index contributed by atoms with van der Waals surface area (Å²) in [5, 5.41) is 54.8. The summed E-state index contributed by atoms with van der Waals surface area (Å²) < 4.78 is 10.5. The Morgan fingerprint density at radius 2 is 1.66 bits per heavy atom. The Labute approximate surface area is 199 Å². The molecule has 0 saturated carbocycles. The first kappa shape index (κ1) is 30.1. The van der Waals surface area contributed by atoms with Gasteiger partial charge in [-0.25, -0.2) is 0 Å². The molecule has 8 atom stereocenters. The number of ether oxygens (including phenoxy) is 2. The summed E-state index contributed by atoms with van der Waals surface area (Å²) in [5.41, 5.74) is 5.14. The third-order valence-corrected chi connectivity index (χ3v) is 5.10. The summed E-state index contributed by atoms with van der Waals surface area (Å²) in [7, 11) is 0. The highest BCUT2D eigenvalue weighted by atomic mass is 16.6. The number of nitrogens with one attached hydrogen (secondary N) is 3. The maximum atomic E-state index is 12.6. The first-order valence-electron chi connectivity index (χ1n) is 10.6. The number of carbonyl (C=O) groups excluding carboxylic acids is 4. The van der Waals surface area contributed by atoms with Gasteiger partial charge in [-0.3, -0.25) is 24.0 Å². The summed E-state index contributed by atoms with van der Waals surface area (Å²) >= 11 is 0. The van der Waals surface area contributed by atoms with Gasteiger partial charge in [0.1, 0.15) is 42.5 Å². The van der Waals surface area contributed by atoms with Crippen LogP contribution in [0.3, 0.4) is 0 Å². The average molecular weight is 508 g/mol. The van der Waals surface area contributed by atoms with E-state index < -0.39 is 98.1 Å². The van der Waals surface area contributed by atoms with E-state index in [4.69, 9.17) is 20.3 Å². The van der Waals surface area contributed by atoms with E-state index >= 15 is 0 Å². The van der Waals surface area contributed by atoms with Crippen molar-refractivity contribution >= 4 is 29.6 Å². The van der Waals surface area contributed by atoms with Crippen LogP contribution < -0.4 is 21.7 Å². The Kier molecular flexibility index (Phi) is 11.9. The molecular formula is C19H32N4O12. The molecule has 16 nitrogen and oxygen atoms in total. The second kappa shape index (κ2) is 13.9. The highest BCUT2D eigenvalue weighted by Gasteiger charge is 2.47. The van der Waals surface area contributed by atoms with Gasteiger partial charge in [0.25, 0.3) is 0 Å². The number of aliphatic hydroxyl groups excluding tert-OH is 4. The van der Waals surface area contributed by atoms with Gasteiger partial charge in [0, 0.05) is 13.3 Å². The zero-order valence-corrected chi connectivity index (χ0v) is 19.1. The Bertz CT molecular complexity index is 781. The lowest BCUT2D eigenvalue weighted by atomic mass is 9.96. The summed E-state index contributed by atoms with van der Waals surface area (Å²) in [6.07, 6.45) is -8.18. The summed E-state index contributed by atoms with van der Waals surface area (Å²) in [6.45, 7) is 0.730. The predicted octanol–water partition coefficient (Wildman–Crippen LogP) is -5.35. The number of carboxylic acid groups (broad SMARTS) is 1. The molecule has 0 spiro atoms. The van der Waals surface area contributed by atoms with E-state index in [1.54, 1.807) is 0 Å². The maximum absolute atomic E-state index is 12.6. The Hall–Kier alpha value is -2.89. The molecule has 0 aromatic heterocycles. The van der Waals surface area contributed by atoms with Crippen LogP contribution in [0.4, 0.5) is 0 Å². The molecule has 35 heavy (non-hydrogen) atoms. The highest BCUT2D eigenvalue weighted by Crippen LogP contribution is 2.23. The number of hydrogen-bond donors (Lipinski definition) is 9. The number of primary amides is 1. The molecule has 200 valence electrons. The van der Waals surface area contributed by atoms with Crippen LogP contribution in [0.25, 0.3) is 0 Å². The molecule has 10 N–H and O–H groups in total. The van der Waals surface area contributed by atoms with Gasteiger partial charge in [0.15, 0.2) is 6.29 Å². The molecule has 1 aliphatic rings. The van der Waals surface area contributed by atoms with Gasteiger partial charge in [-0.05, 0) is 13.3 Å². The van der Waals surface area contributed by atoms with Gasteiger partial charge in [-0.1, -0.05) is 0 Å². The highest BCUT2D eigenvalue weighted by molar-refractivity contribution is 5.92. The number of carbonyl (C=O) groups is 5. The summed E-state index contributed by atoms with van der Waals surface area (Å²) in [5.74, 6) is -4.85. The van der Waals surface area contributed by atoms with Crippen LogP contribution in [0.1, 0.15) is 26.7 Å². The number of carboxylic acids is 1. The van der Waals surface area contributed by atoms with Gasteiger partial charge in [-0.15, -0.1) is 0 Å². The van der Waals surface area contributed by atoms with Crippen molar-refractivity contribution in [3.05, 3.63) is 0 Å². The average Bonchev–Trinajstić information content (AvgIpc) is 2.78. The molecular weight excluding hydrogens is 476 g/mol. The van der Waals surface area contributed by atoms with E-state index in [1.807, 2.05) is 0 Å². The van der Waals surface area contributed by atoms with Crippen LogP contribution in [0, 0.1) is 0 Å². The standard InChI is InChI=1S/C19H32N4O12/c1-7(34-15-13(21-8(2)26)19(33)35-11(6-25)14(15)29)17(31)23-10(5-24)18(32)22-9(16(20)30)3-4-12(27)28/h7,9-11,13-15,19,24-25,29,33H,3-6H2,1-2H3,(H2,20,30)(H,21,26)(H,22,32)(H,23,31)(H,27,28)/t7-,9+,10-,11+,13+,14+,15+,19-/m0/s1. The minimum absolute atomic E-state index is 0.317. The second-order valence-electron chi connectivity index (χ2n) is 7.85. The van der Waals surface area contributed by atoms with E-state index in [9.17, 15) is 44.4 Å². The fourth-order valence-corrected chi connectivity index (χ4v) is 3.24. The molecule has 0 unspecified atom stereocenters. The van der Waals surface area contributed by atoms with Crippen molar-refractivity contribution in [3.63, 3.8) is 0 Å². The van der Waals surface area contributed by atoms with Crippen molar-refractivity contribution in [2.45, 2.75) is 75.5 Å². The van der Waals surface area contributed by atoms with Gasteiger partial charge >= 0.3 is 5.97 Å². The normalized spacial score (nSPS) is 26.6. The van der Waals surface area contributed by atoms with Crippen molar-refractivity contribution in [2.24, 2.45) is 5.73 Å². The van der Waals surface area contributed by atoms with E-state index in [2.05, 4.69) is 16.0 Å². The molecule has 1 aliphatic heterocycles. The van der Waals surface area contributed by atoms with Crippen LogP contribution in [-0.4, -0.2) is 117 Å². The largest absolute Gasteiger partial charge is 0.481 e. The van der Waals surface area contributed by atoms with Crippen molar-refractivity contribution in [3.8, 4) is 0 Å². The third kappa shape index (κ3) is 9.00. The van der Waals surface area contributed by atoms with Crippen LogP contribution in [0.2, 0.25) is 0 Å². The van der Waals surface area contributed by atoms with E-state index in [-0.39, 0.29) is 6.42 Å². The Morgan fingerprint density at radius 3 is 2.14 bits per heavy atom. The second-order valence-corrected chi connectivity index (χ2v) is 7.85. The van der Waals surface area contributed by atoms with Gasteiger partial charge < -0.3 is 56.7 Å². The molecule has 1 saturated heterocycles. The number of nitrogens with two attached hydrogens (primary N) is 1. The van der Waals surface area contributed by atoms with Crippen LogP contribution in [0.5, 0.6) is 0 Å². The van der Waals surface area contributed by atoms with E-state index in [0.717, 1.165) is 6.92 Å². The lowest BCUT2D eigenvalue weighted by Gasteiger charge is -2.43. The zero-order valence-electron chi connectivity index (χ0n) is 19.1. The Balaban J connectivity index is 2.88. The first-order valence-corrected chi connectivity index (χ1v) is 10.6. The van der Waals surface area contributed by atoms with E-state index in [0.29, 0.717) is 0 Å². The summed E-state index contributed by atoms with van der Waals surface area (Å²) in [6, 6.07) is -4.27. The van der Waals surface area contributed by atoms with E-state index in [1.165, 1.54) is 6.92 Å². The van der Waals surface area contributed by atoms with Crippen molar-refractivity contribution in [1.29, 1.82) is 0 Å². The number of rotatable bonds is 13. The van der Waals surface area contributed by atoms with Crippen LogP contribution >= 0.6 is 0 Å². The van der Waals surface area contributed by atoms with Gasteiger partial charge in [0.05, 0.1) is 13.2 Å². The van der Waals surface area contributed by atoms with Gasteiger partial charge in [-0.2, -0.15) is 0 Å². The molecule has 0 bridgehead atoms. The molecule has 0 aromatic carbocycles. The molecule has 1 rings (SSSR count). The van der Waals surface area contributed by atoms with Crippen LogP contribution in [0.15, 0.2) is 0 Å². The van der Waals surface area contributed by atoms with Crippen LogP contribution in [-0.2, 0) is 33.4 Å². The summed E-state index contributed by atoms with van der Waals surface area (Å²) in [4.78, 5) is 58.6. The molecule has 0 radical (unpaired) electrons. The maximum Gasteiger partial charge on any atom is 0.303 e. The Morgan fingerprint density at radius 1 is 1.06 bits per heavy atom. The lowest BCUT2D eigenvalue weighted by Crippen LogP contribution is -2.65. The zero-order chi connectivity index (χ0) is 26.9. The van der Waals surface area contributed by atoms with Gasteiger partial charge in [0.2, 0.25) is 23.6 Å². The molecule has 0 aliphatic carbocycles. The quantitative estimate of drug-likeness (QED) is 0.113.